The molecule has 0 saturated carbocycles. The van der Waals surface area contributed by atoms with Crippen LogP contribution < -0.4 is 10.1 Å². The van der Waals surface area contributed by atoms with Crippen LogP contribution in [0.15, 0.2) is 50.9 Å². The monoisotopic (exact) mass is 364 g/mol. The van der Waals surface area contributed by atoms with Crippen molar-refractivity contribution in [2.45, 2.75) is 6.54 Å². The fourth-order valence-electron chi connectivity index (χ4n) is 1.89. The molecule has 0 unspecified atom stereocenters. The minimum Gasteiger partial charge on any atom is -0.496 e. The number of hydrogen-bond acceptors (Lipinski definition) is 5. The first-order valence-electron chi connectivity index (χ1n) is 6.32. The number of halogens is 1. The van der Waals surface area contributed by atoms with Crippen LogP contribution in [0.1, 0.15) is 5.76 Å². The molecule has 2 heterocycles. The van der Waals surface area contributed by atoms with Gasteiger partial charge < -0.3 is 14.5 Å². The maximum Gasteiger partial charge on any atom is 0.183 e. The molecule has 3 aromatic rings. The van der Waals surface area contributed by atoms with Gasteiger partial charge in [-0.2, -0.15) is 0 Å². The number of ether oxygens (including phenoxy) is 1. The average molecular weight is 365 g/mol. The number of nitrogens with one attached hydrogen (secondary N) is 1. The molecule has 4 nitrogen and oxygen atoms in total. The molecule has 3 rings (SSSR count). The van der Waals surface area contributed by atoms with E-state index in [1.54, 1.807) is 24.7 Å². The summed E-state index contributed by atoms with van der Waals surface area (Å²) < 4.78 is 11.4. The van der Waals surface area contributed by atoms with Crippen molar-refractivity contribution < 1.29 is 9.15 Å². The topological polar surface area (TPSA) is 47.3 Å². The van der Waals surface area contributed by atoms with Crippen LogP contribution in [0.2, 0.25) is 0 Å². The Morgan fingerprint density at radius 2 is 2.29 bits per heavy atom. The first-order valence-corrected chi connectivity index (χ1v) is 7.99. The highest BCUT2D eigenvalue weighted by molar-refractivity contribution is 9.10. The third-order valence-electron chi connectivity index (χ3n) is 2.95. The number of rotatable bonds is 5. The van der Waals surface area contributed by atoms with Gasteiger partial charge in [0, 0.05) is 10.9 Å². The fourth-order valence-corrected chi connectivity index (χ4v) is 3.15. The molecule has 108 valence electrons. The van der Waals surface area contributed by atoms with Crippen LogP contribution in [0.5, 0.6) is 5.75 Å². The van der Waals surface area contributed by atoms with Crippen LogP contribution in [0.25, 0.3) is 11.3 Å². The van der Waals surface area contributed by atoms with Gasteiger partial charge in [0.05, 0.1) is 30.1 Å². The number of anilines is 1. The number of nitrogens with zero attached hydrogens (tertiary/aromatic N) is 1. The predicted octanol–water partition coefficient (Wildman–Crippen LogP) is 4.79. The number of aromatic nitrogens is 1. The summed E-state index contributed by atoms with van der Waals surface area (Å²) in [7, 11) is 1.65. The van der Waals surface area contributed by atoms with Crippen molar-refractivity contribution in [1.29, 1.82) is 0 Å². The van der Waals surface area contributed by atoms with Crippen LogP contribution in [-0.2, 0) is 6.54 Å². The number of hydrogen-bond donors (Lipinski definition) is 1. The lowest BCUT2D eigenvalue weighted by molar-refractivity contribution is 0.412. The Bertz CT molecular complexity index is 725. The molecular formula is C15H13BrN2O2S. The molecule has 0 fully saturated rings. The summed E-state index contributed by atoms with van der Waals surface area (Å²) in [6.45, 7) is 0.631. The lowest BCUT2D eigenvalue weighted by Crippen LogP contribution is -1.97. The second kappa shape index (κ2) is 6.32. The van der Waals surface area contributed by atoms with Gasteiger partial charge in [-0.1, -0.05) is 0 Å². The summed E-state index contributed by atoms with van der Waals surface area (Å²) >= 11 is 5.06. The Hall–Kier alpha value is -1.79. The number of thiazole rings is 1. The van der Waals surface area contributed by atoms with Crippen LogP contribution in [0, 0.1) is 0 Å². The van der Waals surface area contributed by atoms with Crippen LogP contribution in [-0.4, -0.2) is 12.1 Å². The Labute approximate surface area is 134 Å². The Kier molecular flexibility index (Phi) is 4.26. The average Bonchev–Trinajstić information content (AvgIpc) is 3.16. The van der Waals surface area contributed by atoms with E-state index in [0.717, 1.165) is 32.4 Å². The molecule has 21 heavy (non-hydrogen) atoms. The number of methoxy groups -OCH3 is 1. The smallest absolute Gasteiger partial charge is 0.183 e. The first kappa shape index (κ1) is 14.2. The molecule has 0 aliphatic heterocycles. The molecule has 6 heteroatoms. The van der Waals surface area contributed by atoms with Crippen LogP contribution >= 0.6 is 27.3 Å². The van der Waals surface area contributed by atoms with E-state index < -0.39 is 0 Å². The van der Waals surface area contributed by atoms with E-state index in [-0.39, 0.29) is 0 Å². The van der Waals surface area contributed by atoms with Crippen molar-refractivity contribution in [2.75, 3.05) is 12.4 Å². The standard InChI is InChI=1S/C15H13BrN2O2S/c1-19-14-5-4-10(7-12(14)16)13-9-21-15(18-13)17-8-11-3-2-6-20-11/h2-7,9H,8H2,1H3,(H,17,18). The second-order valence-corrected chi connectivity index (χ2v) is 6.03. The highest BCUT2D eigenvalue weighted by atomic mass is 79.9. The SMILES string of the molecule is COc1ccc(-c2csc(NCc3ccco3)n2)cc1Br. The summed E-state index contributed by atoms with van der Waals surface area (Å²) in [5.74, 6) is 1.70. The van der Waals surface area contributed by atoms with Crippen molar-refractivity contribution in [3.8, 4) is 17.0 Å². The van der Waals surface area contributed by atoms with Gasteiger partial charge in [0.2, 0.25) is 0 Å². The largest absolute Gasteiger partial charge is 0.496 e. The highest BCUT2D eigenvalue weighted by Crippen LogP contribution is 2.32. The molecule has 0 saturated heterocycles. The van der Waals surface area contributed by atoms with E-state index in [1.165, 1.54) is 0 Å². The van der Waals surface area contributed by atoms with Gasteiger partial charge in [-0.25, -0.2) is 4.98 Å². The van der Waals surface area contributed by atoms with Gasteiger partial charge in [-0.3, -0.25) is 0 Å². The fraction of sp³-hybridized carbons (Fsp3) is 0.133. The summed E-state index contributed by atoms with van der Waals surface area (Å²) in [4.78, 5) is 4.58. The van der Waals surface area contributed by atoms with Crippen molar-refractivity contribution in [3.63, 3.8) is 0 Å². The minimum absolute atomic E-state index is 0.631. The van der Waals surface area contributed by atoms with Crippen LogP contribution in [0.4, 0.5) is 5.13 Å². The van der Waals surface area contributed by atoms with Crippen molar-refractivity contribution >= 4 is 32.4 Å². The Morgan fingerprint density at radius 3 is 3.00 bits per heavy atom. The van der Waals surface area contributed by atoms with E-state index in [0.29, 0.717) is 6.54 Å². The molecule has 0 amide bonds. The van der Waals surface area contributed by atoms with Gasteiger partial charge in [0.1, 0.15) is 11.5 Å². The second-order valence-electron chi connectivity index (χ2n) is 4.32. The Morgan fingerprint density at radius 1 is 1.38 bits per heavy atom. The quantitative estimate of drug-likeness (QED) is 0.707. The minimum atomic E-state index is 0.631. The molecule has 0 radical (unpaired) electrons. The van der Waals surface area contributed by atoms with Gasteiger partial charge in [-0.15, -0.1) is 11.3 Å². The zero-order valence-corrected chi connectivity index (χ0v) is 13.7. The van der Waals surface area contributed by atoms with E-state index in [1.807, 2.05) is 35.7 Å². The third-order valence-corrected chi connectivity index (χ3v) is 4.37. The summed E-state index contributed by atoms with van der Waals surface area (Å²) in [5, 5.41) is 6.15. The van der Waals surface area contributed by atoms with E-state index >= 15 is 0 Å². The maximum absolute atomic E-state index is 5.28. The van der Waals surface area contributed by atoms with E-state index in [4.69, 9.17) is 9.15 Å². The molecule has 0 bridgehead atoms. The predicted molar refractivity (Wildman–Crippen MR) is 87.8 cm³/mol. The van der Waals surface area contributed by atoms with Crippen molar-refractivity contribution in [3.05, 3.63) is 52.2 Å². The van der Waals surface area contributed by atoms with Gasteiger partial charge in [0.25, 0.3) is 0 Å². The maximum atomic E-state index is 5.28. The zero-order valence-electron chi connectivity index (χ0n) is 11.3. The molecule has 1 aromatic carbocycles. The van der Waals surface area contributed by atoms with Gasteiger partial charge in [0.15, 0.2) is 5.13 Å². The highest BCUT2D eigenvalue weighted by Gasteiger charge is 2.08. The third kappa shape index (κ3) is 3.28. The summed E-state index contributed by atoms with van der Waals surface area (Å²) in [6.07, 6.45) is 1.67. The number of furan rings is 1. The van der Waals surface area contributed by atoms with Crippen LogP contribution in [0.3, 0.4) is 0 Å². The molecule has 0 atom stereocenters. The van der Waals surface area contributed by atoms with E-state index in [9.17, 15) is 0 Å². The summed E-state index contributed by atoms with van der Waals surface area (Å²) in [5.41, 5.74) is 1.98. The van der Waals surface area contributed by atoms with Gasteiger partial charge in [-0.05, 0) is 46.3 Å². The first-order chi connectivity index (χ1) is 10.3. The lowest BCUT2D eigenvalue weighted by Gasteiger charge is -2.04. The normalized spacial score (nSPS) is 10.6. The molecule has 2 aromatic heterocycles. The Balaban J connectivity index is 1.73. The molecule has 0 spiro atoms. The number of benzene rings is 1. The molecular weight excluding hydrogens is 352 g/mol. The molecule has 1 N–H and O–H groups in total. The molecule has 0 aliphatic carbocycles. The van der Waals surface area contributed by atoms with Crippen molar-refractivity contribution in [1.82, 2.24) is 4.98 Å². The van der Waals surface area contributed by atoms with Gasteiger partial charge >= 0.3 is 0 Å². The van der Waals surface area contributed by atoms with E-state index in [2.05, 4.69) is 26.2 Å². The zero-order chi connectivity index (χ0) is 14.7. The molecule has 0 aliphatic rings. The summed E-state index contributed by atoms with van der Waals surface area (Å²) in [6, 6.07) is 9.73. The van der Waals surface area contributed by atoms with Crippen molar-refractivity contribution in [2.24, 2.45) is 0 Å². The lowest BCUT2D eigenvalue weighted by atomic mass is 10.2.